The van der Waals surface area contributed by atoms with Crippen molar-refractivity contribution < 1.29 is 13.6 Å². The Morgan fingerprint density at radius 3 is 2.63 bits per heavy atom. The van der Waals surface area contributed by atoms with Gasteiger partial charge in [0.2, 0.25) is 0 Å². The van der Waals surface area contributed by atoms with E-state index in [-0.39, 0.29) is 24.6 Å². The van der Waals surface area contributed by atoms with Crippen molar-refractivity contribution in [3.63, 3.8) is 0 Å². The number of amides is 1. The minimum absolute atomic E-state index is 0.144. The molecule has 0 saturated carbocycles. The molecule has 9 heteroatoms. The summed E-state index contributed by atoms with van der Waals surface area (Å²) in [5, 5.41) is 9.48. The summed E-state index contributed by atoms with van der Waals surface area (Å²) in [6, 6.07) is 13.6. The molecule has 7 nitrogen and oxygen atoms in total. The van der Waals surface area contributed by atoms with Crippen LogP contribution in [0.1, 0.15) is 27.3 Å². The number of carbonyl (C=O) groups excluding carboxylic acids is 1. The van der Waals surface area contributed by atoms with Crippen LogP contribution in [0.2, 0.25) is 0 Å². The minimum Gasteiger partial charge on any atom is -0.328 e. The quantitative estimate of drug-likeness (QED) is 0.384. The summed E-state index contributed by atoms with van der Waals surface area (Å²) in [4.78, 5) is 18.8. The molecular weight excluding hydrogens is 450 g/mol. The average molecular weight is 470 g/mol. The molecule has 0 saturated heterocycles. The maximum absolute atomic E-state index is 15.2. The zero-order valence-electron chi connectivity index (χ0n) is 18.8. The first-order chi connectivity index (χ1) is 17.0. The SMILES string of the molecule is Cn1cc2c(-c3cc(F)c(CN4Cc5cnn(Cc6ccccn6)c5C4=O)c(F)c3)cccc2n1. The van der Waals surface area contributed by atoms with Crippen molar-refractivity contribution in [2.75, 3.05) is 0 Å². The molecule has 5 aromatic rings. The second-order valence-corrected chi connectivity index (χ2v) is 8.62. The second-order valence-electron chi connectivity index (χ2n) is 8.62. The molecule has 174 valence electrons. The third kappa shape index (κ3) is 3.65. The van der Waals surface area contributed by atoms with Crippen LogP contribution >= 0.6 is 0 Å². The van der Waals surface area contributed by atoms with Crippen LogP contribution in [-0.2, 0) is 26.7 Å². The Morgan fingerprint density at radius 1 is 1.03 bits per heavy atom. The lowest BCUT2D eigenvalue weighted by molar-refractivity contribution is 0.0752. The van der Waals surface area contributed by atoms with E-state index in [0.717, 1.165) is 22.2 Å². The van der Waals surface area contributed by atoms with Crippen LogP contribution < -0.4 is 0 Å². The van der Waals surface area contributed by atoms with Crippen LogP contribution in [0.3, 0.4) is 0 Å². The zero-order valence-corrected chi connectivity index (χ0v) is 18.8. The van der Waals surface area contributed by atoms with E-state index in [1.807, 2.05) is 42.6 Å². The van der Waals surface area contributed by atoms with E-state index in [0.29, 0.717) is 23.4 Å². The number of rotatable bonds is 5. The number of hydrogen-bond donors (Lipinski definition) is 0. The lowest BCUT2D eigenvalue weighted by Crippen LogP contribution is -2.27. The molecule has 1 amide bonds. The summed E-state index contributed by atoms with van der Waals surface area (Å²) < 4.78 is 33.6. The Kier molecular flexibility index (Phi) is 4.91. The van der Waals surface area contributed by atoms with Crippen LogP contribution in [0.25, 0.3) is 22.0 Å². The summed E-state index contributed by atoms with van der Waals surface area (Å²) in [6.45, 7) is 0.408. The fourth-order valence-corrected chi connectivity index (χ4v) is 4.62. The topological polar surface area (TPSA) is 68.8 Å². The highest BCUT2D eigenvalue weighted by Crippen LogP contribution is 2.32. The minimum atomic E-state index is -0.695. The summed E-state index contributed by atoms with van der Waals surface area (Å²) in [5.74, 6) is -1.70. The summed E-state index contributed by atoms with van der Waals surface area (Å²) >= 11 is 0. The number of pyridine rings is 1. The van der Waals surface area contributed by atoms with Crippen LogP contribution in [0.4, 0.5) is 8.78 Å². The van der Waals surface area contributed by atoms with E-state index in [4.69, 9.17) is 0 Å². The van der Waals surface area contributed by atoms with Gasteiger partial charge in [-0.05, 0) is 41.5 Å². The predicted molar refractivity (Wildman–Crippen MR) is 125 cm³/mol. The number of aryl methyl sites for hydroxylation is 1. The van der Waals surface area contributed by atoms with Gasteiger partial charge in [-0.25, -0.2) is 8.78 Å². The largest absolute Gasteiger partial charge is 0.328 e. The standard InChI is InChI=1S/C26H20F2N6O/c1-32-14-20-19(6-4-7-24(20)31-32)16-9-22(27)21(23(28)10-16)15-33-12-17-11-30-34(25(17)26(33)35)13-18-5-2-3-8-29-18/h2-11,14H,12-13,15H2,1H3. The molecule has 1 aliphatic heterocycles. The van der Waals surface area contributed by atoms with Crippen molar-refractivity contribution in [3.8, 4) is 11.1 Å². The predicted octanol–water partition coefficient (Wildman–Crippen LogP) is 4.31. The third-order valence-electron chi connectivity index (χ3n) is 6.27. The smallest absolute Gasteiger partial charge is 0.273 e. The first-order valence-corrected chi connectivity index (χ1v) is 11.1. The fourth-order valence-electron chi connectivity index (χ4n) is 4.62. The van der Waals surface area contributed by atoms with E-state index < -0.39 is 11.6 Å². The van der Waals surface area contributed by atoms with E-state index in [1.165, 1.54) is 17.0 Å². The highest BCUT2D eigenvalue weighted by Gasteiger charge is 2.33. The molecule has 0 aliphatic carbocycles. The Hall–Kier alpha value is -4.40. The molecule has 0 atom stereocenters. The van der Waals surface area contributed by atoms with E-state index in [1.54, 1.807) is 28.8 Å². The molecule has 35 heavy (non-hydrogen) atoms. The highest BCUT2D eigenvalue weighted by atomic mass is 19.1. The maximum atomic E-state index is 15.2. The zero-order chi connectivity index (χ0) is 24.1. The van der Waals surface area contributed by atoms with Gasteiger partial charge >= 0.3 is 0 Å². The van der Waals surface area contributed by atoms with E-state index >= 15 is 8.78 Å². The number of carbonyl (C=O) groups is 1. The molecule has 0 spiro atoms. The van der Waals surface area contributed by atoms with Gasteiger partial charge in [-0.15, -0.1) is 0 Å². The first kappa shape index (κ1) is 21.2. The number of fused-ring (bicyclic) bond motifs is 2. The number of benzene rings is 2. The van der Waals surface area contributed by atoms with Gasteiger partial charge < -0.3 is 4.90 Å². The van der Waals surface area contributed by atoms with Gasteiger partial charge in [-0.3, -0.25) is 19.1 Å². The molecule has 0 radical (unpaired) electrons. The molecule has 0 fully saturated rings. The molecule has 1 aliphatic rings. The van der Waals surface area contributed by atoms with Crippen molar-refractivity contribution in [3.05, 3.63) is 101 Å². The molecular formula is C26H20F2N6O. The van der Waals surface area contributed by atoms with Gasteiger partial charge in [0.25, 0.3) is 5.91 Å². The lowest BCUT2D eigenvalue weighted by Gasteiger charge is -2.18. The Morgan fingerprint density at radius 2 is 1.86 bits per heavy atom. The highest BCUT2D eigenvalue weighted by molar-refractivity contribution is 5.97. The van der Waals surface area contributed by atoms with E-state index in [9.17, 15) is 4.79 Å². The number of aromatic nitrogens is 5. The van der Waals surface area contributed by atoms with Crippen LogP contribution in [-0.4, -0.2) is 35.4 Å². The number of hydrogen-bond acceptors (Lipinski definition) is 4. The fraction of sp³-hybridized carbons (Fsp3) is 0.154. The number of nitrogens with zero attached hydrogens (tertiary/aromatic N) is 6. The molecule has 4 heterocycles. The molecule has 0 unspecified atom stereocenters. The molecule has 6 rings (SSSR count). The average Bonchev–Trinajstić information content (AvgIpc) is 3.51. The Balaban J connectivity index is 1.27. The van der Waals surface area contributed by atoms with Gasteiger partial charge in [-0.1, -0.05) is 18.2 Å². The van der Waals surface area contributed by atoms with E-state index in [2.05, 4.69) is 15.2 Å². The first-order valence-electron chi connectivity index (χ1n) is 11.1. The van der Waals surface area contributed by atoms with Crippen LogP contribution in [0.5, 0.6) is 0 Å². The third-order valence-corrected chi connectivity index (χ3v) is 6.27. The summed E-state index contributed by atoms with van der Waals surface area (Å²) in [7, 11) is 1.80. The normalized spacial score (nSPS) is 13.1. The van der Waals surface area contributed by atoms with Crippen molar-refractivity contribution >= 4 is 16.8 Å². The van der Waals surface area contributed by atoms with Crippen LogP contribution in [0, 0.1) is 11.6 Å². The Labute approximate surface area is 199 Å². The monoisotopic (exact) mass is 470 g/mol. The number of halogens is 2. The van der Waals surface area contributed by atoms with Crippen molar-refractivity contribution in [2.45, 2.75) is 19.6 Å². The second kappa shape index (κ2) is 8.12. The van der Waals surface area contributed by atoms with Crippen molar-refractivity contribution in [2.24, 2.45) is 7.05 Å². The summed E-state index contributed by atoms with van der Waals surface area (Å²) in [5.41, 5.74) is 3.64. The molecule has 2 aromatic carbocycles. The van der Waals surface area contributed by atoms with Crippen molar-refractivity contribution in [1.29, 1.82) is 0 Å². The molecule has 0 N–H and O–H groups in total. The molecule has 3 aromatic heterocycles. The van der Waals surface area contributed by atoms with Gasteiger partial charge in [0.05, 0.1) is 37.0 Å². The van der Waals surface area contributed by atoms with Gasteiger partial charge in [-0.2, -0.15) is 10.2 Å². The van der Waals surface area contributed by atoms with Gasteiger partial charge in [0.1, 0.15) is 17.3 Å². The van der Waals surface area contributed by atoms with Crippen molar-refractivity contribution in [1.82, 2.24) is 29.4 Å². The van der Waals surface area contributed by atoms with Gasteiger partial charge in [0.15, 0.2) is 0 Å². The molecule has 0 bridgehead atoms. The maximum Gasteiger partial charge on any atom is 0.273 e. The lowest BCUT2D eigenvalue weighted by atomic mass is 9.99. The van der Waals surface area contributed by atoms with Gasteiger partial charge in [0, 0.05) is 36.0 Å². The summed E-state index contributed by atoms with van der Waals surface area (Å²) in [6.07, 6.45) is 5.13. The Bertz CT molecular complexity index is 1570. The van der Waals surface area contributed by atoms with Crippen LogP contribution in [0.15, 0.2) is 67.1 Å².